The van der Waals surface area contributed by atoms with Crippen LogP contribution in [-0.2, 0) is 11.0 Å². The van der Waals surface area contributed by atoms with E-state index in [-0.39, 0.29) is 6.04 Å². The molecule has 1 unspecified atom stereocenters. The minimum absolute atomic E-state index is 0.0293. The Bertz CT molecular complexity index is 494. The summed E-state index contributed by atoms with van der Waals surface area (Å²) in [5.41, 5.74) is 0.160. The summed E-state index contributed by atoms with van der Waals surface area (Å²) < 4.78 is 37.3. The van der Waals surface area contributed by atoms with E-state index in [2.05, 4.69) is 4.98 Å². The molecule has 0 radical (unpaired) electrons. The van der Waals surface area contributed by atoms with Gasteiger partial charge in [0.05, 0.1) is 17.0 Å². The summed E-state index contributed by atoms with van der Waals surface area (Å²) in [5, 5.41) is 0. The molecular formula is C13H13F3N2O. The van der Waals surface area contributed by atoms with Crippen molar-refractivity contribution in [2.24, 2.45) is 0 Å². The quantitative estimate of drug-likeness (QED) is 0.774. The summed E-state index contributed by atoms with van der Waals surface area (Å²) >= 11 is 0. The number of pyridine rings is 1. The monoisotopic (exact) mass is 270 g/mol. The van der Waals surface area contributed by atoms with E-state index in [1.54, 1.807) is 0 Å². The molecule has 19 heavy (non-hydrogen) atoms. The Morgan fingerprint density at radius 1 is 1.42 bits per heavy atom. The summed E-state index contributed by atoms with van der Waals surface area (Å²) in [7, 11) is 0. The average Bonchev–Trinajstić information content (AvgIpc) is 2.37. The standard InChI is InChI=1S/C13H13F3N2O/c1-9-3-2-4-12(18(9)8-19)11-6-5-10(7-17-11)13(14,15)16/h4-9H,2-3H2,1H3. The van der Waals surface area contributed by atoms with Gasteiger partial charge in [-0.25, -0.2) is 0 Å². The van der Waals surface area contributed by atoms with Gasteiger partial charge in [0.15, 0.2) is 0 Å². The molecule has 0 saturated heterocycles. The lowest BCUT2D eigenvalue weighted by Crippen LogP contribution is -2.33. The van der Waals surface area contributed by atoms with Crippen LogP contribution in [0.25, 0.3) is 5.70 Å². The summed E-state index contributed by atoms with van der Waals surface area (Å²) in [6.07, 6.45) is 0.522. The lowest BCUT2D eigenvalue weighted by Gasteiger charge is -2.30. The molecule has 0 N–H and O–H groups in total. The third-order valence-electron chi connectivity index (χ3n) is 3.14. The number of allylic oxidation sites excluding steroid dienone is 1. The molecule has 1 aromatic heterocycles. The van der Waals surface area contributed by atoms with Crippen molar-refractivity contribution in [2.75, 3.05) is 0 Å². The zero-order valence-corrected chi connectivity index (χ0v) is 10.3. The van der Waals surface area contributed by atoms with Crippen molar-refractivity contribution in [3.8, 4) is 0 Å². The number of hydrogen-bond acceptors (Lipinski definition) is 2. The normalized spacial score (nSPS) is 20.1. The van der Waals surface area contributed by atoms with E-state index in [0.29, 0.717) is 17.8 Å². The Morgan fingerprint density at radius 3 is 2.68 bits per heavy atom. The molecule has 0 saturated carbocycles. The second-order valence-electron chi connectivity index (χ2n) is 4.46. The fraction of sp³-hybridized carbons (Fsp3) is 0.385. The fourth-order valence-electron chi connectivity index (χ4n) is 2.05. The molecule has 1 aromatic rings. The van der Waals surface area contributed by atoms with Gasteiger partial charge in [-0.2, -0.15) is 13.2 Å². The van der Waals surface area contributed by atoms with Gasteiger partial charge in [0.2, 0.25) is 6.41 Å². The number of amides is 1. The van der Waals surface area contributed by atoms with Crippen molar-refractivity contribution < 1.29 is 18.0 Å². The van der Waals surface area contributed by atoms with E-state index in [4.69, 9.17) is 0 Å². The predicted octanol–water partition coefficient (Wildman–Crippen LogP) is 3.08. The van der Waals surface area contributed by atoms with E-state index in [1.165, 1.54) is 11.0 Å². The minimum atomic E-state index is -4.40. The Morgan fingerprint density at radius 2 is 2.16 bits per heavy atom. The first-order chi connectivity index (χ1) is 8.93. The lowest BCUT2D eigenvalue weighted by molar-refractivity contribution is -0.137. The Kier molecular flexibility index (Phi) is 3.59. The highest BCUT2D eigenvalue weighted by Gasteiger charge is 2.31. The van der Waals surface area contributed by atoms with Crippen LogP contribution in [0.2, 0.25) is 0 Å². The number of carbonyl (C=O) groups is 1. The van der Waals surface area contributed by atoms with E-state index in [9.17, 15) is 18.0 Å². The van der Waals surface area contributed by atoms with Crippen LogP contribution in [0.1, 0.15) is 31.0 Å². The molecule has 0 spiro atoms. The second-order valence-corrected chi connectivity index (χ2v) is 4.46. The van der Waals surface area contributed by atoms with E-state index >= 15 is 0 Å². The zero-order valence-electron chi connectivity index (χ0n) is 10.3. The third kappa shape index (κ3) is 2.77. The van der Waals surface area contributed by atoms with Gasteiger partial charge in [0, 0.05) is 12.2 Å². The number of rotatable bonds is 2. The lowest BCUT2D eigenvalue weighted by atomic mass is 10.0. The van der Waals surface area contributed by atoms with Gasteiger partial charge in [-0.1, -0.05) is 6.08 Å². The van der Waals surface area contributed by atoms with Crippen LogP contribution in [0, 0.1) is 0 Å². The Labute approximate surface area is 108 Å². The van der Waals surface area contributed by atoms with Crippen molar-refractivity contribution in [1.29, 1.82) is 0 Å². The molecule has 1 atom stereocenters. The molecule has 0 bridgehead atoms. The number of aromatic nitrogens is 1. The van der Waals surface area contributed by atoms with Gasteiger partial charge < -0.3 is 4.90 Å². The van der Waals surface area contributed by atoms with Crippen molar-refractivity contribution in [2.45, 2.75) is 32.0 Å². The number of carbonyl (C=O) groups excluding carboxylic acids is 1. The van der Waals surface area contributed by atoms with Gasteiger partial charge >= 0.3 is 6.18 Å². The molecule has 2 heterocycles. The highest BCUT2D eigenvalue weighted by Crippen LogP contribution is 2.31. The van der Waals surface area contributed by atoms with Gasteiger partial charge in [0.1, 0.15) is 0 Å². The first-order valence-corrected chi connectivity index (χ1v) is 5.91. The van der Waals surface area contributed by atoms with Crippen molar-refractivity contribution in [1.82, 2.24) is 9.88 Å². The molecule has 1 aliphatic rings. The SMILES string of the molecule is CC1CCC=C(c2ccc(C(F)(F)F)cn2)N1C=O. The molecule has 3 nitrogen and oxygen atoms in total. The molecule has 0 fully saturated rings. The second kappa shape index (κ2) is 5.03. The molecule has 0 aliphatic carbocycles. The van der Waals surface area contributed by atoms with E-state index < -0.39 is 11.7 Å². The smallest absolute Gasteiger partial charge is 0.310 e. The van der Waals surface area contributed by atoms with Crippen molar-refractivity contribution >= 4 is 12.1 Å². The Balaban J connectivity index is 2.32. The molecular weight excluding hydrogens is 257 g/mol. The summed E-state index contributed by atoms with van der Waals surface area (Å²) in [6.45, 7) is 1.89. The Hall–Kier alpha value is -1.85. The average molecular weight is 270 g/mol. The maximum Gasteiger partial charge on any atom is 0.417 e. The first-order valence-electron chi connectivity index (χ1n) is 5.91. The van der Waals surface area contributed by atoms with Crippen molar-refractivity contribution in [3.05, 3.63) is 35.7 Å². The fourth-order valence-corrected chi connectivity index (χ4v) is 2.05. The summed E-state index contributed by atoms with van der Waals surface area (Å²) in [4.78, 5) is 16.4. The van der Waals surface area contributed by atoms with Crippen LogP contribution in [0.3, 0.4) is 0 Å². The molecule has 2 rings (SSSR count). The van der Waals surface area contributed by atoms with Crippen LogP contribution in [-0.4, -0.2) is 22.3 Å². The largest absolute Gasteiger partial charge is 0.417 e. The number of hydrogen-bond donors (Lipinski definition) is 0. The van der Waals surface area contributed by atoms with Crippen LogP contribution in [0.15, 0.2) is 24.4 Å². The molecule has 0 aromatic carbocycles. The van der Waals surface area contributed by atoms with E-state index in [1.807, 2.05) is 13.0 Å². The molecule has 6 heteroatoms. The van der Waals surface area contributed by atoms with Gasteiger partial charge in [0.25, 0.3) is 0 Å². The van der Waals surface area contributed by atoms with Crippen LogP contribution < -0.4 is 0 Å². The molecule has 1 aliphatic heterocycles. The van der Waals surface area contributed by atoms with Crippen LogP contribution in [0.4, 0.5) is 13.2 Å². The van der Waals surface area contributed by atoms with Crippen LogP contribution >= 0.6 is 0 Å². The van der Waals surface area contributed by atoms with Crippen molar-refractivity contribution in [3.63, 3.8) is 0 Å². The van der Waals surface area contributed by atoms with E-state index in [0.717, 1.165) is 25.1 Å². The maximum atomic E-state index is 12.4. The number of nitrogens with zero attached hydrogens (tertiary/aromatic N) is 2. The highest BCUT2D eigenvalue weighted by atomic mass is 19.4. The van der Waals surface area contributed by atoms with Crippen LogP contribution in [0.5, 0.6) is 0 Å². The van der Waals surface area contributed by atoms with Gasteiger partial charge in [-0.15, -0.1) is 0 Å². The highest BCUT2D eigenvalue weighted by molar-refractivity contribution is 5.73. The topological polar surface area (TPSA) is 33.2 Å². The number of halogens is 3. The summed E-state index contributed by atoms with van der Waals surface area (Å²) in [6, 6.07) is 2.30. The summed E-state index contributed by atoms with van der Waals surface area (Å²) in [5.74, 6) is 0. The predicted molar refractivity (Wildman–Crippen MR) is 63.8 cm³/mol. The third-order valence-corrected chi connectivity index (χ3v) is 3.14. The van der Waals surface area contributed by atoms with Gasteiger partial charge in [-0.05, 0) is 31.9 Å². The minimum Gasteiger partial charge on any atom is -0.310 e. The zero-order chi connectivity index (χ0) is 14.0. The maximum absolute atomic E-state index is 12.4. The number of alkyl halides is 3. The molecule has 102 valence electrons. The molecule has 1 amide bonds. The first kappa shape index (κ1) is 13.6. The van der Waals surface area contributed by atoms with Gasteiger partial charge in [-0.3, -0.25) is 9.78 Å².